The second-order valence-electron chi connectivity index (χ2n) is 3.77. The molecule has 1 heterocycles. The molecule has 0 spiro atoms. The molecule has 0 unspecified atom stereocenters. The molecule has 0 aliphatic carbocycles. The Morgan fingerprint density at radius 2 is 2.05 bits per heavy atom. The number of nitrogens with zero attached hydrogens (tertiary/aromatic N) is 2. The molecular formula is C12H10N2O3S2. The van der Waals surface area contributed by atoms with E-state index in [2.05, 4.69) is 0 Å². The van der Waals surface area contributed by atoms with Crippen molar-refractivity contribution in [2.45, 2.75) is 6.92 Å². The zero-order chi connectivity index (χ0) is 14.0. The number of hydrogen-bond acceptors (Lipinski definition) is 5. The summed E-state index contributed by atoms with van der Waals surface area (Å²) < 4.78 is 0.542. The second-order valence-corrected chi connectivity index (χ2v) is 5.45. The van der Waals surface area contributed by atoms with Crippen molar-refractivity contribution in [1.82, 2.24) is 4.90 Å². The maximum Gasteiger partial charge on any atom is 0.269 e. The molecule has 1 aromatic carbocycles. The zero-order valence-corrected chi connectivity index (χ0v) is 11.7. The van der Waals surface area contributed by atoms with E-state index in [1.165, 1.54) is 28.8 Å². The van der Waals surface area contributed by atoms with E-state index in [0.717, 1.165) is 5.56 Å². The van der Waals surface area contributed by atoms with Gasteiger partial charge in [0.2, 0.25) is 0 Å². The van der Waals surface area contributed by atoms with Gasteiger partial charge in [-0.1, -0.05) is 24.0 Å². The number of non-ortho nitro benzene ring substituents is 1. The molecule has 0 saturated carbocycles. The quantitative estimate of drug-likeness (QED) is 0.371. The molecule has 1 saturated heterocycles. The van der Waals surface area contributed by atoms with Gasteiger partial charge < -0.3 is 0 Å². The summed E-state index contributed by atoms with van der Waals surface area (Å²) in [5, 5.41) is 10.5. The van der Waals surface area contributed by atoms with Gasteiger partial charge in [-0.05, 0) is 30.7 Å². The van der Waals surface area contributed by atoms with Crippen molar-refractivity contribution < 1.29 is 9.72 Å². The van der Waals surface area contributed by atoms with E-state index in [4.69, 9.17) is 12.2 Å². The largest absolute Gasteiger partial charge is 0.293 e. The van der Waals surface area contributed by atoms with Crippen LogP contribution in [0.4, 0.5) is 5.69 Å². The topological polar surface area (TPSA) is 63.5 Å². The molecule has 19 heavy (non-hydrogen) atoms. The molecular weight excluding hydrogens is 284 g/mol. The normalized spacial score (nSPS) is 17.3. The number of hydrogen-bond donors (Lipinski definition) is 0. The van der Waals surface area contributed by atoms with Crippen LogP contribution in [-0.4, -0.2) is 26.6 Å². The van der Waals surface area contributed by atoms with Crippen molar-refractivity contribution in [3.63, 3.8) is 0 Å². The number of nitro groups is 1. The van der Waals surface area contributed by atoms with Gasteiger partial charge in [-0.3, -0.25) is 19.8 Å². The molecule has 7 heteroatoms. The number of benzene rings is 1. The van der Waals surface area contributed by atoms with E-state index in [1.54, 1.807) is 18.2 Å². The molecule has 1 aliphatic heterocycles. The highest BCUT2D eigenvalue weighted by Gasteiger charge is 2.30. The Balaban J connectivity index is 2.25. The summed E-state index contributed by atoms with van der Waals surface area (Å²) in [7, 11) is 0. The number of nitro benzene ring substituents is 1. The lowest BCUT2D eigenvalue weighted by molar-refractivity contribution is -0.384. The van der Waals surface area contributed by atoms with Crippen molar-refractivity contribution in [3.05, 3.63) is 44.8 Å². The molecule has 0 N–H and O–H groups in total. The molecule has 0 bridgehead atoms. The van der Waals surface area contributed by atoms with Crippen LogP contribution in [0.1, 0.15) is 12.5 Å². The molecule has 1 fully saturated rings. The third-order valence-corrected chi connectivity index (χ3v) is 3.97. The summed E-state index contributed by atoms with van der Waals surface area (Å²) in [5.74, 6) is -0.115. The second kappa shape index (κ2) is 5.50. The third-order valence-electron chi connectivity index (χ3n) is 2.59. The third kappa shape index (κ3) is 2.82. The Bertz CT molecular complexity index is 581. The number of rotatable bonds is 3. The van der Waals surface area contributed by atoms with E-state index in [-0.39, 0.29) is 11.6 Å². The van der Waals surface area contributed by atoms with Crippen LogP contribution in [0, 0.1) is 10.1 Å². The summed E-state index contributed by atoms with van der Waals surface area (Å²) in [5.41, 5.74) is 0.764. The number of amides is 1. The van der Waals surface area contributed by atoms with Crippen molar-refractivity contribution in [2.75, 3.05) is 6.54 Å². The van der Waals surface area contributed by atoms with Crippen molar-refractivity contribution in [1.29, 1.82) is 0 Å². The number of carbonyl (C=O) groups is 1. The highest BCUT2D eigenvalue weighted by atomic mass is 32.2. The minimum atomic E-state index is -0.458. The van der Waals surface area contributed by atoms with E-state index in [0.29, 0.717) is 15.8 Å². The average Bonchev–Trinajstić information content (AvgIpc) is 2.64. The van der Waals surface area contributed by atoms with Crippen LogP contribution in [-0.2, 0) is 4.79 Å². The standard InChI is InChI=1S/C12H10N2O3S2/c1-2-13-11(15)10(19-12(13)18)7-8-3-5-9(6-4-8)14(16)17/h3-7H,2H2,1H3. The molecule has 5 nitrogen and oxygen atoms in total. The van der Waals surface area contributed by atoms with Gasteiger partial charge in [-0.15, -0.1) is 0 Å². The van der Waals surface area contributed by atoms with E-state index >= 15 is 0 Å². The molecule has 0 atom stereocenters. The molecule has 0 aromatic heterocycles. The molecule has 1 aromatic rings. The minimum absolute atomic E-state index is 0.0262. The SMILES string of the molecule is CCN1C(=O)C(=Cc2ccc([N+](=O)[O-])cc2)SC1=S. The van der Waals surface area contributed by atoms with Crippen molar-refractivity contribution in [2.24, 2.45) is 0 Å². The lowest BCUT2D eigenvalue weighted by Crippen LogP contribution is -2.27. The van der Waals surface area contributed by atoms with Crippen molar-refractivity contribution >= 4 is 46.0 Å². The van der Waals surface area contributed by atoms with Crippen molar-refractivity contribution in [3.8, 4) is 0 Å². The van der Waals surface area contributed by atoms with E-state index < -0.39 is 4.92 Å². The first-order valence-corrected chi connectivity index (χ1v) is 6.75. The Hall–Kier alpha value is -1.73. The van der Waals surface area contributed by atoms with Gasteiger partial charge in [0, 0.05) is 18.7 Å². The minimum Gasteiger partial charge on any atom is -0.293 e. The summed E-state index contributed by atoms with van der Waals surface area (Å²) in [6.45, 7) is 2.40. The first kappa shape index (κ1) is 13.7. The maximum absolute atomic E-state index is 12.0. The number of likely N-dealkylation sites (N-methyl/N-ethyl adjacent to an activating group) is 1. The predicted molar refractivity (Wildman–Crippen MR) is 78.6 cm³/mol. The van der Waals surface area contributed by atoms with Crippen LogP contribution in [0.3, 0.4) is 0 Å². The van der Waals surface area contributed by atoms with E-state index in [1.807, 2.05) is 6.92 Å². The fraction of sp³-hybridized carbons (Fsp3) is 0.167. The molecule has 1 aliphatic rings. The summed E-state index contributed by atoms with van der Waals surface area (Å²) in [6, 6.07) is 6.03. The number of carbonyl (C=O) groups excluding carboxylic acids is 1. The summed E-state index contributed by atoms with van der Waals surface area (Å²) in [4.78, 5) is 24.1. The van der Waals surface area contributed by atoms with Crippen LogP contribution in [0.25, 0.3) is 6.08 Å². The lowest BCUT2D eigenvalue weighted by Gasteiger charge is -2.09. The first-order valence-electron chi connectivity index (χ1n) is 5.52. The number of thioether (sulfide) groups is 1. The van der Waals surface area contributed by atoms with Crippen LogP contribution in [0.2, 0.25) is 0 Å². The zero-order valence-electron chi connectivity index (χ0n) is 10.0. The molecule has 2 rings (SSSR count). The van der Waals surface area contributed by atoms with Crippen LogP contribution < -0.4 is 0 Å². The van der Waals surface area contributed by atoms with Crippen LogP contribution in [0.5, 0.6) is 0 Å². The Kier molecular flexibility index (Phi) is 3.96. The van der Waals surface area contributed by atoms with Crippen LogP contribution >= 0.6 is 24.0 Å². The van der Waals surface area contributed by atoms with Gasteiger partial charge in [0.1, 0.15) is 4.32 Å². The van der Waals surface area contributed by atoms with Gasteiger partial charge >= 0.3 is 0 Å². The smallest absolute Gasteiger partial charge is 0.269 e. The monoisotopic (exact) mass is 294 g/mol. The Morgan fingerprint density at radius 1 is 1.42 bits per heavy atom. The average molecular weight is 294 g/mol. The Labute approximate surface area is 119 Å². The lowest BCUT2D eigenvalue weighted by atomic mass is 10.2. The Morgan fingerprint density at radius 3 is 2.53 bits per heavy atom. The van der Waals surface area contributed by atoms with Crippen LogP contribution in [0.15, 0.2) is 29.2 Å². The molecule has 1 amide bonds. The highest BCUT2D eigenvalue weighted by molar-refractivity contribution is 8.26. The van der Waals surface area contributed by atoms with Gasteiger partial charge in [0.15, 0.2) is 0 Å². The first-order chi connectivity index (χ1) is 9.02. The maximum atomic E-state index is 12.0. The fourth-order valence-electron chi connectivity index (χ4n) is 1.62. The summed E-state index contributed by atoms with van der Waals surface area (Å²) in [6.07, 6.45) is 1.69. The van der Waals surface area contributed by atoms with Gasteiger partial charge in [-0.2, -0.15) is 0 Å². The molecule has 0 radical (unpaired) electrons. The molecule has 98 valence electrons. The van der Waals surface area contributed by atoms with E-state index in [9.17, 15) is 14.9 Å². The summed E-state index contributed by atoms with van der Waals surface area (Å²) >= 11 is 6.35. The fourth-order valence-corrected chi connectivity index (χ4v) is 3.00. The number of thiocarbonyl (C=S) groups is 1. The predicted octanol–water partition coefficient (Wildman–Crippen LogP) is 2.82. The van der Waals surface area contributed by atoms with Gasteiger partial charge in [-0.25, -0.2) is 0 Å². The van der Waals surface area contributed by atoms with Gasteiger partial charge in [0.05, 0.1) is 9.83 Å². The van der Waals surface area contributed by atoms with Gasteiger partial charge in [0.25, 0.3) is 11.6 Å². The highest BCUT2D eigenvalue weighted by Crippen LogP contribution is 2.32.